The van der Waals surface area contributed by atoms with E-state index in [1.807, 2.05) is 0 Å². The van der Waals surface area contributed by atoms with Crippen LogP contribution in [0, 0.1) is 0 Å². The number of carboxylic acids is 1. The minimum Gasteiger partial charge on any atom is -0.479 e. The van der Waals surface area contributed by atoms with Gasteiger partial charge in [0.2, 0.25) is 12.2 Å². The van der Waals surface area contributed by atoms with Gasteiger partial charge in [0.05, 0.1) is 52.9 Å². The predicted molar refractivity (Wildman–Crippen MR) is 139 cm³/mol. The van der Waals surface area contributed by atoms with Gasteiger partial charge in [-0.1, -0.05) is 0 Å². The van der Waals surface area contributed by atoms with Gasteiger partial charge in [0.15, 0.2) is 6.10 Å². The number of esters is 1. The Morgan fingerprint density at radius 2 is 1.48 bits per heavy atom. The Morgan fingerprint density at radius 1 is 0.881 bits per heavy atom. The van der Waals surface area contributed by atoms with E-state index in [0.29, 0.717) is 39.6 Å². The molecule has 7 N–H and O–H groups in total. The first kappa shape index (κ1) is 35.2. The number of amides is 1. The lowest BCUT2D eigenvalue weighted by Crippen LogP contribution is -2.61. The highest BCUT2D eigenvalue weighted by Crippen LogP contribution is 2.29. The van der Waals surface area contributed by atoms with Gasteiger partial charge in [0.1, 0.15) is 37.3 Å². The summed E-state index contributed by atoms with van der Waals surface area (Å²) in [5, 5.41) is 41.9. The predicted octanol–water partition coefficient (Wildman–Crippen LogP) is -2.08. The molecule has 1 aromatic carbocycles. The number of carbonyl (C=O) groups is 3. The van der Waals surface area contributed by atoms with Gasteiger partial charge in [-0.25, -0.2) is 10.7 Å². The average Bonchev–Trinajstić information content (AvgIpc) is 2.95. The average molecular weight is 607 g/mol. The van der Waals surface area contributed by atoms with E-state index < -0.39 is 48.6 Å². The van der Waals surface area contributed by atoms with Crippen LogP contribution < -0.4 is 16.0 Å². The molecule has 1 aliphatic rings. The molecule has 238 valence electrons. The van der Waals surface area contributed by atoms with E-state index in [1.165, 1.54) is 25.1 Å². The van der Waals surface area contributed by atoms with Crippen LogP contribution >= 0.6 is 0 Å². The highest BCUT2D eigenvalue weighted by atomic mass is 16.7. The summed E-state index contributed by atoms with van der Waals surface area (Å²) >= 11 is 0. The maximum atomic E-state index is 12.3. The molecule has 42 heavy (non-hydrogen) atoms. The summed E-state index contributed by atoms with van der Waals surface area (Å²) < 4.78 is 36.9. The van der Waals surface area contributed by atoms with Crippen LogP contribution in [0.25, 0.3) is 0 Å². The molecule has 1 aliphatic heterocycles. The van der Waals surface area contributed by atoms with Crippen LogP contribution in [0.1, 0.15) is 12.5 Å². The Bertz CT molecular complexity index is 981. The minimum absolute atomic E-state index is 0.00266. The van der Waals surface area contributed by atoms with Crippen LogP contribution in [-0.4, -0.2) is 128 Å². The first-order chi connectivity index (χ1) is 20.1. The lowest BCUT2D eigenvalue weighted by atomic mass is 9.99. The number of ether oxygens (including phenoxy) is 7. The molecule has 0 spiro atoms. The molecule has 5 unspecified atom stereocenters. The molecule has 0 radical (unpaired) electrons. The van der Waals surface area contributed by atoms with E-state index in [1.54, 1.807) is 0 Å². The van der Waals surface area contributed by atoms with Crippen molar-refractivity contribution in [2.75, 3.05) is 64.8 Å². The zero-order valence-corrected chi connectivity index (χ0v) is 23.0. The third-order valence-corrected chi connectivity index (χ3v) is 5.53. The van der Waals surface area contributed by atoms with Crippen LogP contribution in [0.3, 0.4) is 0 Å². The number of hydrogen-bond donors (Lipinski definition) is 6. The smallest absolute Gasteiger partial charge is 0.335 e. The SMILES string of the molecule is CC(=O)OCc1cc(NC(=O)COCCOCCOCCOCCON)ccc1OC1OC(C(=O)O)C(O)C(O)C1O. The summed E-state index contributed by atoms with van der Waals surface area (Å²) in [7, 11) is 0. The van der Waals surface area contributed by atoms with Crippen molar-refractivity contribution in [3.05, 3.63) is 23.8 Å². The fourth-order valence-corrected chi connectivity index (χ4v) is 3.47. The maximum absolute atomic E-state index is 12.3. The largest absolute Gasteiger partial charge is 0.479 e. The summed E-state index contributed by atoms with van der Waals surface area (Å²) in [6, 6.07) is 4.21. The van der Waals surface area contributed by atoms with Gasteiger partial charge in [-0.05, 0) is 18.2 Å². The molecule has 17 heteroatoms. The molecule has 0 bridgehead atoms. The van der Waals surface area contributed by atoms with Crippen molar-refractivity contribution >= 4 is 23.5 Å². The second kappa shape index (κ2) is 19.3. The molecule has 0 aromatic heterocycles. The van der Waals surface area contributed by atoms with Gasteiger partial charge in [0, 0.05) is 18.2 Å². The number of nitrogens with one attached hydrogen (secondary N) is 1. The number of rotatable bonds is 20. The highest BCUT2D eigenvalue weighted by Gasteiger charge is 2.48. The van der Waals surface area contributed by atoms with E-state index >= 15 is 0 Å². The monoisotopic (exact) mass is 606 g/mol. The first-order valence-corrected chi connectivity index (χ1v) is 12.9. The van der Waals surface area contributed by atoms with Crippen molar-refractivity contribution in [2.45, 2.75) is 44.2 Å². The molecular weight excluding hydrogens is 568 g/mol. The van der Waals surface area contributed by atoms with Crippen molar-refractivity contribution in [1.29, 1.82) is 0 Å². The number of carbonyl (C=O) groups excluding carboxylic acids is 2. The molecule has 17 nitrogen and oxygen atoms in total. The Morgan fingerprint density at radius 3 is 2.05 bits per heavy atom. The molecule has 5 atom stereocenters. The molecule has 0 aliphatic carbocycles. The molecule has 1 fully saturated rings. The van der Waals surface area contributed by atoms with E-state index in [0.717, 1.165) is 0 Å². The number of nitrogens with two attached hydrogens (primary N) is 1. The summed E-state index contributed by atoms with van der Waals surface area (Å²) in [5.41, 5.74) is 0.508. The molecule has 2 rings (SSSR count). The van der Waals surface area contributed by atoms with Crippen molar-refractivity contribution in [3.8, 4) is 5.75 Å². The fourth-order valence-electron chi connectivity index (χ4n) is 3.47. The van der Waals surface area contributed by atoms with Crippen molar-refractivity contribution < 1.29 is 72.8 Å². The van der Waals surface area contributed by atoms with Gasteiger partial charge >= 0.3 is 11.9 Å². The Labute approximate surface area is 241 Å². The zero-order valence-electron chi connectivity index (χ0n) is 23.0. The molecular formula is C25H38N2O15. The number of aliphatic hydroxyl groups excluding tert-OH is 3. The molecule has 1 aromatic rings. The summed E-state index contributed by atoms with van der Waals surface area (Å²) in [4.78, 5) is 39.4. The second-order valence-corrected chi connectivity index (χ2v) is 8.76. The molecule has 1 amide bonds. The summed E-state index contributed by atoms with van der Waals surface area (Å²) in [6.45, 7) is 3.18. The van der Waals surface area contributed by atoms with Gasteiger partial charge < -0.3 is 63.7 Å². The Kier molecular flexibility index (Phi) is 16.2. The topological polar surface area (TPSA) is 244 Å². The Balaban J connectivity index is 1.81. The number of hydrogen-bond acceptors (Lipinski definition) is 15. The zero-order chi connectivity index (χ0) is 30.9. The standard InChI is InChI=1S/C25H38N2O15/c1-15(28)39-13-16-12-17(2-3-18(16)41-25-22(32)20(30)21(31)23(42-25)24(33)34)27-19(29)14-38-9-8-36-5-4-35-6-7-37-10-11-40-26/h2-3,12,20-23,25,30-32H,4-11,13-14,26H2,1H3,(H,27,29)(H,33,34). The molecule has 1 saturated heterocycles. The fraction of sp³-hybridized carbons (Fsp3) is 0.640. The van der Waals surface area contributed by atoms with Crippen molar-refractivity contribution in [3.63, 3.8) is 0 Å². The number of aliphatic hydroxyl groups is 3. The maximum Gasteiger partial charge on any atom is 0.335 e. The number of anilines is 1. The summed E-state index contributed by atoms with van der Waals surface area (Å²) in [6.07, 6.45) is -9.11. The van der Waals surface area contributed by atoms with Crippen LogP contribution in [0.2, 0.25) is 0 Å². The molecule has 0 saturated carbocycles. The van der Waals surface area contributed by atoms with Crippen LogP contribution in [-0.2, 0) is 54.2 Å². The second-order valence-electron chi connectivity index (χ2n) is 8.76. The third kappa shape index (κ3) is 12.5. The third-order valence-electron chi connectivity index (χ3n) is 5.53. The van der Waals surface area contributed by atoms with Crippen LogP contribution in [0.5, 0.6) is 5.75 Å². The van der Waals surface area contributed by atoms with Gasteiger partial charge in [-0.2, -0.15) is 0 Å². The van der Waals surface area contributed by atoms with Gasteiger partial charge in [0.25, 0.3) is 0 Å². The number of carboxylic acid groups (broad SMARTS) is 1. The Hall–Kier alpha value is -2.97. The number of benzene rings is 1. The van der Waals surface area contributed by atoms with Crippen LogP contribution in [0.15, 0.2) is 18.2 Å². The first-order valence-electron chi connectivity index (χ1n) is 12.9. The minimum atomic E-state index is -1.89. The van der Waals surface area contributed by atoms with E-state index in [4.69, 9.17) is 39.1 Å². The van der Waals surface area contributed by atoms with Gasteiger partial charge in [-0.3, -0.25) is 9.59 Å². The highest BCUT2D eigenvalue weighted by molar-refractivity contribution is 5.91. The normalized spacial score (nSPS) is 22.0. The lowest BCUT2D eigenvalue weighted by Gasteiger charge is -2.38. The van der Waals surface area contributed by atoms with Crippen molar-refractivity contribution in [1.82, 2.24) is 0 Å². The van der Waals surface area contributed by atoms with Crippen LogP contribution in [0.4, 0.5) is 5.69 Å². The number of aliphatic carboxylic acids is 1. The van der Waals surface area contributed by atoms with Gasteiger partial charge in [-0.15, -0.1) is 0 Å². The quantitative estimate of drug-likeness (QED) is 0.0529. The summed E-state index contributed by atoms with van der Waals surface area (Å²) in [5.74, 6) is 2.20. The van der Waals surface area contributed by atoms with E-state index in [2.05, 4.69) is 10.2 Å². The molecule has 1 heterocycles. The van der Waals surface area contributed by atoms with Crippen molar-refractivity contribution in [2.24, 2.45) is 5.90 Å². The van der Waals surface area contributed by atoms with E-state index in [9.17, 15) is 34.8 Å². The lowest BCUT2D eigenvalue weighted by molar-refractivity contribution is -0.271. The van der Waals surface area contributed by atoms with E-state index in [-0.39, 0.29) is 43.4 Å².